The molecule has 0 saturated heterocycles. The van der Waals surface area contributed by atoms with E-state index in [1.165, 1.54) is 0 Å². The number of hydrogen-bond donors (Lipinski definition) is 3. The monoisotopic (exact) mass is 413 g/mol. The van der Waals surface area contributed by atoms with Crippen LogP contribution in [0.15, 0.2) is 73.1 Å². The van der Waals surface area contributed by atoms with Crippen molar-refractivity contribution in [2.75, 3.05) is 23.1 Å². The third kappa shape index (κ3) is 5.08. The maximum absolute atomic E-state index is 12.4. The van der Waals surface area contributed by atoms with Gasteiger partial charge in [-0.15, -0.1) is 0 Å². The van der Waals surface area contributed by atoms with Crippen LogP contribution in [0.25, 0.3) is 10.8 Å². The molecule has 31 heavy (non-hydrogen) atoms. The molecule has 7 heteroatoms. The van der Waals surface area contributed by atoms with E-state index in [4.69, 9.17) is 4.74 Å². The van der Waals surface area contributed by atoms with Crippen molar-refractivity contribution in [3.8, 4) is 5.75 Å². The van der Waals surface area contributed by atoms with Crippen molar-refractivity contribution < 1.29 is 9.53 Å². The molecule has 0 aliphatic carbocycles. The van der Waals surface area contributed by atoms with Crippen molar-refractivity contribution in [3.05, 3.63) is 84.2 Å². The smallest absolute Gasteiger partial charge is 0.323 e. The standard InChI is InChI=1S/C24H23N5O2/c1-16-10-22(31-2)8-9-23(16)29-24(30)28-21-5-3-4-17(11-21)13-25-20-7-6-18-14-26-27-15-19(18)12-20/h3-12,14-15,25H,13H2,1-2H3,(H2,28,29,30). The van der Waals surface area contributed by atoms with E-state index in [1.54, 1.807) is 19.5 Å². The Hall–Kier alpha value is -4.13. The Balaban J connectivity index is 1.37. The summed E-state index contributed by atoms with van der Waals surface area (Å²) in [6.07, 6.45) is 3.49. The van der Waals surface area contributed by atoms with Gasteiger partial charge in [0.2, 0.25) is 0 Å². The molecule has 0 fully saturated rings. The number of amides is 2. The second-order valence-electron chi connectivity index (χ2n) is 7.15. The number of nitrogens with zero attached hydrogens (tertiary/aromatic N) is 2. The Morgan fingerprint density at radius 3 is 2.55 bits per heavy atom. The number of carbonyl (C=O) groups excluding carboxylic acids is 1. The fourth-order valence-electron chi connectivity index (χ4n) is 3.26. The number of benzene rings is 3. The van der Waals surface area contributed by atoms with Crippen LogP contribution in [0.1, 0.15) is 11.1 Å². The number of nitrogens with one attached hydrogen (secondary N) is 3. The SMILES string of the molecule is COc1ccc(NC(=O)Nc2cccc(CNc3ccc4cnncc4c3)c2)c(C)c1. The summed E-state index contributed by atoms with van der Waals surface area (Å²) < 4.78 is 5.20. The van der Waals surface area contributed by atoms with Crippen molar-refractivity contribution in [1.82, 2.24) is 10.2 Å². The highest BCUT2D eigenvalue weighted by atomic mass is 16.5. The number of urea groups is 1. The minimum atomic E-state index is -0.297. The van der Waals surface area contributed by atoms with Crippen molar-refractivity contribution in [2.45, 2.75) is 13.5 Å². The zero-order valence-electron chi connectivity index (χ0n) is 17.3. The molecule has 3 N–H and O–H groups in total. The minimum Gasteiger partial charge on any atom is -0.497 e. The molecule has 3 aromatic carbocycles. The Kier molecular flexibility index (Phi) is 5.93. The molecule has 4 aromatic rings. The van der Waals surface area contributed by atoms with E-state index in [0.717, 1.165) is 44.7 Å². The minimum absolute atomic E-state index is 0.297. The van der Waals surface area contributed by atoms with E-state index < -0.39 is 0 Å². The summed E-state index contributed by atoms with van der Waals surface area (Å²) in [6, 6.07) is 19.0. The summed E-state index contributed by atoms with van der Waals surface area (Å²) in [4.78, 5) is 12.4. The molecule has 4 rings (SSSR count). The largest absolute Gasteiger partial charge is 0.497 e. The summed E-state index contributed by atoms with van der Waals surface area (Å²) in [5, 5.41) is 19.1. The maximum Gasteiger partial charge on any atom is 0.323 e. The quantitative estimate of drug-likeness (QED) is 0.404. The molecule has 1 heterocycles. The fourth-order valence-corrected chi connectivity index (χ4v) is 3.26. The Morgan fingerprint density at radius 2 is 1.74 bits per heavy atom. The van der Waals surface area contributed by atoms with Gasteiger partial charge in [0.25, 0.3) is 0 Å². The number of ether oxygens (including phenoxy) is 1. The van der Waals surface area contributed by atoms with E-state index in [0.29, 0.717) is 6.54 Å². The van der Waals surface area contributed by atoms with Crippen LogP contribution >= 0.6 is 0 Å². The first-order chi connectivity index (χ1) is 15.1. The predicted molar refractivity (Wildman–Crippen MR) is 124 cm³/mol. The van der Waals surface area contributed by atoms with Crippen LogP contribution in [0.2, 0.25) is 0 Å². The molecule has 0 aliphatic rings. The highest BCUT2D eigenvalue weighted by Gasteiger charge is 2.07. The van der Waals surface area contributed by atoms with Gasteiger partial charge in [-0.3, -0.25) is 0 Å². The van der Waals surface area contributed by atoms with E-state index in [2.05, 4.69) is 26.1 Å². The lowest BCUT2D eigenvalue weighted by atomic mass is 10.1. The number of hydrogen-bond acceptors (Lipinski definition) is 5. The summed E-state index contributed by atoms with van der Waals surface area (Å²) in [5.74, 6) is 0.753. The molecule has 7 nitrogen and oxygen atoms in total. The third-order valence-corrected chi connectivity index (χ3v) is 4.91. The lowest BCUT2D eigenvalue weighted by Gasteiger charge is -2.12. The van der Waals surface area contributed by atoms with Crippen molar-refractivity contribution in [3.63, 3.8) is 0 Å². The predicted octanol–water partition coefficient (Wildman–Crippen LogP) is 5.20. The van der Waals surface area contributed by atoms with Gasteiger partial charge in [0.05, 0.1) is 19.5 Å². The van der Waals surface area contributed by atoms with Gasteiger partial charge in [-0.1, -0.05) is 18.2 Å². The number of carbonyl (C=O) groups is 1. The molecule has 156 valence electrons. The molecule has 2 amide bonds. The number of aromatic nitrogens is 2. The van der Waals surface area contributed by atoms with Crippen LogP contribution in [0, 0.1) is 6.92 Å². The molecule has 0 saturated carbocycles. The topological polar surface area (TPSA) is 88.2 Å². The highest BCUT2D eigenvalue weighted by Crippen LogP contribution is 2.22. The third-order valence-electron chi connectivity index (χ3n) is 4.91. The summed E-state index contributed by atoms with van der Waals surface area (Å²) >= 11 is 0. The Bertz CT molecular complexity index is 1230. The fraction of sp³-hybridized carbons (Fsp3) is 0.125. The number of methoxy groups -OCH3 is 1. The van der Waals surface area contributed by atoms with E-state index in [9.17, 15) is 4.79 Å². The van der Waals surface area contributed by atoms with Gasteiger partial charge in [0.15, 0.2) is 0 Å². The molecule has 0 spiro atoms. The summed E-state index contributed by atoms with van der Waals surface area (Å²) in [6.45, 7) is 2.54. The van der Waals surface area contributed by atoms with Gasteiger partial charge in [-0.25, -0.2) is 4.79 Å². The van der Waals surface area contributed by atoms with Gasteiger partial charge < -0.3 is 20.7 Å². The number of anilines is 3. The van der Waals surface area contributed by atoms with Crippen LogP contribution in [0.5, 0.6) is 5.75 Å². The zero-order valence-corrected chi connectivity index (χ0v) is 17.3. The van der Waals surface area contributed by atoms with Gasteiger partial charge in [0, 0.05) is 34.4 Å². The second kappa shape index (κ2) is 9.13. The molecule has 1 aromatic heterocycles. The van der Waals surface area contributed by atoms with Crippen LogP contribution < -0.4 is 20.7 Å². The first-order valence-corrected chi connectivity index (χ1v) is 9.86. The first-order valence-electron chi connectivity index (χ1n) is 9.86. The Morgan fingerprint density at radius 1 is 0.903 bits per heavy atom. The molecular formula is C24H23N5O2. The van der Waals surface area contributed by atoms with Crippen LogP contribution in [0.3, 0.4) is 0 Å². The van der Waals surface area contributed by atoms with Gasteiger partial charge in [0.1, 0.15) is 5.75 Å². The molecular weight excluding hydrogens is 390 g/mol. The summed E-state index contributed by atoms with van der Waals surface area (Å²) in [7, 11) is 1.62. The van der Waals surface area contributed by atoms with Crippen molar-refractivity contribution in [1.29, 1.82) is 0 Å². The normalized spacial score (nSPS) is 10.5. The number of rotatable bonds is 6. The number of fused-ring (bicyclic) bond motifs is 1. The van der Waals surface area contributed by atoms with Crippen LogP contribution in [0.4, 0.5) is 21.9 Å². The second-order valence-corrected chi connectivity index (χ2v) is 7.15. The lowest BCUT2D eigenvalue weighted by molar-refractivity contribution is 0.262. The molecule has 0 aliphatic heterocycles. The molecule has 0 atom stereocenters. The average Bonchev–Trinajstić information content (AvgIpc) is 2.79. The molecule has 0 unspecified atom stereocenters. The van der Waals surface area contributed by atoms with E-state index in [-0.39, 0.29) is 6.03 Å². The summed E-state index contributed by atoms with van der Waals surface area (Å²) in [5.41, 5.74) is 4.42. The number of aryl methyl sites for hydroxylation is 1. The van der Waals surface area contributed by atoms with Gasteiger partial charge in [-0.05, 0) is 60.5 Å². The van der Waals surface area contributed by atoms with Gasteiger partial charge in [-0.2, -0.15) is 10.2 Å². The molecule has 0 radical (unpaired) electrons. The van der Waals surface area contributed by atoms with Crippen LogP contribution in [-0.2, 0) is 6.54 Å². The molecule has 0 bridgehead atoms. The zero-order chi connectivity index (χ0) is 21.6. The first kappa shape index (κ1) is 20.2. The van der Waals surface area contributed by atoms with Crippen molar-refractivity contribution >= 4 is 33.9 Å². The van der Waals surface area contributed by atoms with Gasteiger partial charge >= 0.3 is 6.03 Å². The van der Waals surface area contributed by atoms with E-state index in [1.807, 2.05) is 67.6 Å². The lowest BCUT2D eigenvalue weighted by Crippen LogP contribution is -2.20. The highest BCUT2D eigenvalue weighted by molar-refractivity contribution is 6.00. The van der Waals surface area contributed by atoms with Crippen molar-refractivity contribution in [2.24, 2.45) is 0 Å². The average molecular weight is 413 g/mol. The Labute approximate surface area is 180 Å². The van der Waals surface area contributed by atoms with Crippen LogP contribution in [-0.4, -0.2) is 23.3 Å². The van der Waals surface area contributed by atoms with E-state index >= 15 is 0 Å². The maximum atomic E-state index is 12.4.